The van der Waals surface area contributed by atoms with Crippen LogP contribution in [-0.4, -0.2) is 25.2 Å². The number of hydrogen-bond acceptors (Lipinski definition) is 3. The predicted octanol–water partition coefficient (Wildman–Crippen LogP) is 1.39. The van der Waals surface area contributed by atoms with Gasteiger partial charge in [-0.3, -0.25) is 5.43 Å². The van der Waals surface area contributed by atoms with Crippen LogP contribution in [0.25, 0.3) is 0 Å². The molecule has 0 aliphatic rings. The van der Waals surface area contributed by atoms with Crippen LogP contribution in [0.4, 0.5) is 4.79 Å². The number of nitrogens with zero attached hydrogens (tertiary/aromatic N) is 1. The van der Waals surface area contributed by atoms with Crippen molar-refractivity contribution in [2.75, 3.05) is 14.1 Å². The molecule has 0 saturated carbocycles. The minimum absolute atomic E-state index is 0.292. The van der Waals surface area contributed by atoms with Gasteiger partial charge in [0.25, 0.3) is 0 Å². The lowest BCUT2D eigenvalue weighted by molar-refractivity contribution is 0.116. The number of rotatable bonds is 3. The van der Waals surface area contributed by atoms with Gasteiger partial charge in [0.05, 0.1) is 0 Å². The van der Waals surface area contributed by atoms with Crippen molar-refractivity contribution >= 4 is 6.09 Å². The van der Waals surface area contributed by atoms with Crippen LogP contribution in [0.15, 0.2) is 30.3 Å². The molecule has 0 fully saturated rings. The smallest absolute Gasteiger partial charge is 0.422 e. The maximum atomic E-state index is 11.1. The average Bonchev–Trinajstić information content (AvgIpc) is 2.15. The standard InChI is InChI=1S/C10H14N2O2/c1-12(2)11-10(13)14-8-9-6-4-3-5-7-9/h3-7H,8H2,1-2H3,(H,11,13). The van der Waals surface area contributed by atoms with Gasteiger partial charge in [-0.1, -0.05) is 30.3 Å². The first-order valence-electron chi connectivity index (χ1n) is 4.33. The summed E-state index contributed by atoms with van der Waals surface area (Å²) in [4.78, 5) is 11.1. The van der Waals surface area contributed by atoms with Crippen LogP contribution >= 0.6 is 0 Å². The van der Waals surface area contributed by atoms with Crippen LogP contribution in [-0.2, 0) is 11.3 Å². The molecule has 1 amide bonds. The normalized spacial score (nSPS) is 9.93. The minimum atomic E-state index is -0.446. The molecule has 1 aromatic rings. The summed E-state index contributed by atoms with van der Waals surface area (Å²) in [5, 5.41) is 1.54. The molecule has 1 aromatic carbocycles. The van der Waals surface area contributed by atoms with Gasteiger partial charge < -0.3 is 4.74 Å². The lowest BCUT2D eigenvalue weighted by Gasteiger charge is -2.11. The maximum Gasteiger partial charge on any atom is 0.422 e. The molecule has 0 atom stereocenters. The van der Waals surface area contributed by atoms with Crippen molar-refractivity contribution in [1.29, 1.82) is 0 Å². The molecule has 4 nitrogen and oxygen atoms in total. The Labute approximate surface area is 83.4 Å². The molecule has 0 heterocycles. The Morgan fingerprint density at radius 2 is 2.00 bits per heavy atom. The van der Waals surface area contributed by atoms with E-state index in [1.807, 2.05) is 30.3 Å². The van der Waals surface area contributed by atoms with Crippen molar-refractivity contribution < 1.29 is 9.53 Å². The lowest BCUT2D eigenvalue weighted by Crippen LogP contribution is -2.36. The van der Waals surface area contributed by atoms with Gasteiger partial charge in [-0.05, 0) is 5.56 Å². The zero-order chi connectivity index (χ0) is 10.4. The molecule has 0 unspecified atom stereocenters. The molecule has 0 spiro atoms. The Bertz CT molecular complexity index is 285. The monoisotopic (exact) mass is 194 g/mol. The third-order valence-corrected chi connectivity index (χ3v) is 1.53. The SMILES string of the molecule is CN(C)NC(=O)OCc1ccccc1. The summed E-state index contributed by atoms with van der Waals surface area (Å²) in [7, 11) is 3.45. The highest BCUT2D eigenvalue weighted by Gasteiger charge is 2.01. The number of nitrogens with one attached hydrogen (secondary N) is 1. The van der Waals surface area contributed by atoms with E-state index in [1.165, 1.54) is 5.01 Å². The highest BCUT2D eigenvalue weighted by Crippen LogP contribution is 2.00. The molecule has 1 N–H and O–H groups in total. The van der Waals surface area contributed by atoms with Crippen molar-refractivity contribution in [2.24, 2.45) is 0 Å². The van der Waals surface area contributed by atoms with Crippen LogP contribution in [0, 0.1) is 0 Å². The maximum absolute atomic E-state index is 11.1. The first-order valence-corrected chi connectivity index (χ1v) is 4.33. The molecule has 0 aliphatic carbocycles. The number of carbonyl (C=O) groups excluding carboxylic acids is 1. The molecule has 0 radical (unpaired) electrons. The second kappa shape index (κ2) is 5.24. The fourth-order valence-electron chi connectivity index (χ4n) is 0.938. The first kappa shape index (κ1) is 10.5. The molecule has 0 saturated heterocycles. The van der Waals surface area contributed by atoms with Gasteiger partial charge in [-0.15, -0.1) is 0 Å². The van der Waals surface area contributed by atoms with Crippen LogP contribution in [0.2, 0.25) is 0 Å². The minimum Gasteiger partial charge on any atom is -0.444 e. The fraction of sp³-hybridized carbons (Fsp3) is 0.300. The topological polar surface area (TPSA) is 41.6 Å². The van der Waals surface area contributed by atoms with Gasteiger partial charge in [-0.25, -0.2) is 9.80 Å². The zero-order valence-electron chi connectivity index (χ0n) is 8.36. The van der Waals surface area contributed by atoms with E-state index in [9.17, 15) is 4.79 Å². The molecule has 0 bridgehead atoms. The second-order valence-electron chi connectivity index (χ2n) is 3.07. The van der Waals surface area contributed by atoms with Crippen LogP contribution in [0.3, 0.4) is 0 Å². The van der Waals surface area contributed by atoms with Gasteiger partial charge in [0, 0.05) is 14.1 Å². The first-order chi connectivity index (χ1) is 6.68. The Balaban J connectivity index is 2.31. The number of hydrazine groups is 1. The predicted molar refractivity (Wildman–Crippen MR) is 53.4 cm³/mol. The van der Waals surface area contributed by atoms with Gasteiger partial charge in [0.1, 0.15) is 6.61 Å². The average molecular weight is 194 g/mol. The van der Waals surface area contributed by atoms with Crippen LogP contribution in [0.5, 0.6) is 0 Å². The summed E-state index contributed by atoms with van der Waals surface area (Å²) in [5.41, 5.74) is 3.46. The van der Waals surface area contributed by atoms with Gasteiger partial charge in [-0.2, -0.15) is 0 Å². The van der Waals surface area contributed by atoms with Crippen molar-refractivity contribution in [1.82, 2.24) is 10.4 Å². The Hall–Kier alpha value is -1.55. The third-order valence-electron chi connectivity index (χ3n) is 1.53. The van der Waals surface area contributed by atoms with E-state index in [4.69, 9.17) is 4.74 Å². The van der Waals surface area contributed by atoms with Crippen molar-refractivity contribution in [2.45, 2.75) is 6.61 Å². The number of benzene rings is 1. The zero-order valence-corrected chi connectivity index (χ0v) is 8.36. The molecule has 14 heavy (non-hydrogen) atoms. The summed E-state index contributed by atoms with van der Waals surface area (Å²) in [6.07, 6.45) is -0.446. The van der Waals surface area contributed by atoms with E-state index in [1.54, 1.807) is 14.1 Å². The van der Waals surface area contributed by atoms with Crippen molar-refractivity contribution in [3.05, 3.63) is 35.9 Å². The highest BCUT2D eigenvalue weighted by molar-refractivity contribution is 5.66. The summed E-state index contributed by atoms with van der Waals surface area (Å²) in [5.74, 6) is 0. The fourth-order valence-corrected chi connectivity index (χ4v) is 0.938. The second-order valence-corrected chi connectivity index (χ2v) is 3.07. The van der Waals surface area contributed by atoms with Gasteiger partial charge in [0.15, 0.2) is 0 Å². The van der Waals surface area contributed by atoms with Crippen molar-refractivity contribution in [3.63, 3.8) is 0 Å². The largest absolute Gasteiger partial charge is 0.444 e. The number of hydrogen-bond donors (Lipinski definition) is 1. The number of amides is 1. The van der Waals surface area contributed by atoms with Crippen molar-refractivity contribution in [3.8, 4) is 0 Å². The van der Waals surface area contributed by atoms with E-state index >= 15 is 0 Å². The molecular weight excluding hydrogens is 180 g/mol. The van der Waals surface area contributed by atoms with Gasteiger partial charge >= 0.3 is 6.09 Å². The van der Waals surface area contributed by atoms with E-state index in [-0.39, 0.29) is 0 Å². The quantitative estimate of drug-likeness (QED) is 0.739. The lowest BCUT2D eigenvalue weighted by atomic mass is 10.2. The van der Waals surface area contributed by atoms with E-state index in [0.29, 0.717) is 6.61 Å². The molecule has 4 heteroatoms. The number of ether oxygens (including phenoxy) is 1. The molecule has 76 valence electrons. The van der Waals surface area contributed by atoms with Gasteiger partial charge in [0.2, 0.25) is 0 Å². The third kappa shape index (κ3) is 3.91. The number of carbonyl (C=O) groups is 1. The Kier molecular flexibility index (Phi) is 3.94. The van der Waals surface area contributed by atoms with E-state index < -0.39 is 6.09 Å². The Morgan fingerprint density at radius 1 is 1.36 bits per heavy atom. The molecule has 0 aliphatic heterocycles. The summed E-state index contributed by atoms with van der Waals surface area (Å²) < 4.78 is 4.95. The van der Waals surface area contributed by atoms with E-state index in [2.05, 4.69) is 5.43 Å². The summed E-state index contributed by atoms with van der Waals surface area (Å²) in [6.45, 7) is 0.292. The summed E-state index contributed by atoms with van der Waals surface area (Å²) in [6, 6.07) is 9.54. The Morgan fingerprint density at radius 3 is 2.57 bits per heavy atom. The van der Waals surface area contributed by atoms with Crippen LogP contribution in [0.1, 0.15) is 5.56 Å². The molecule has 0 aromatic heterocycles. The summed E-state index contributed by atoms with van der Waals surface area (Å²) >= 11 is 0. The molecule has 1 rings (SSSR count). The highest BCUT2D eigenvalue weighted by atomic mass is 16.6. The van der Waals surface area contributed by atoms with E-state index in [0.717, 1.165) is 5.56 Å². The molecular formula is C10H14N2O2. The van der Waals surface area contributed by atoms with Crippen LogP contribution < -0.4 is 5.43 Å².